The van der Waals surface area contributed by atoms with Gasteiger partial charge in [0.25, 0.3) is 11.6 Å². The number of nitrogens with zero attached hydrogens (tertiary/aromatic N) is 1. The summed E-state index contributed by atoms with van der Waals surface area (Å²) < 4.78 is 0. The van der Waals surface area contributed by atoms with Crippen molar-refractivity contribution in [2.24, 2.45) is 0 Å². The van der Waals surface area contributed by atoms with Crippen molar-refractivity contribution >= 4 is 34.6 Å². The Bertz CT molecular complexity index is 993. The van der Waals surface area contributed by atoms with Crippen LogP contribution in [-0.4, -0.2) is 17.4 Å². The van der Waals surface area contributed by atoms with Gasteiger partial charge in [0.2, 0.25) is 0 Å². The number of rotatable bonds is 7. The number of amides is 1. The molecule has 0 bridgehead atoms. The molecule has 7 heteroatoms. The van der Waals surface area contributed by atoms with Gasteiger partial charge in [-0.25, -0.2) is 0 Å². The van der Waals surface area contributed by atoms with E-state index in [9.17, 15) is 14.9 Å². The molecular weight excluding hydrogens is 378 g/mol. The van der Waals surface area contributed by atoms with Crippen LogP contribution in [0.1, 0.15) is 15.9 Å². The first-order valence-corrected chi connectivity index (χ1v) is 9.04. The number of anilines is 2. The number of carbonyl (C=O) groups is 1. The standard InChI is InChI=1S/C21H18ClN3O3/c22-17-7-4-8-18(14-17)24-21(26)16-9-10-19(20(13-16)25(27)28)23-12-11-15-5-2-1-3-6-15/h1-10,13-14,23H,11-12H2,(H,24,26). The number of hydrogen-bond donors (Lipinski definition) is 2. The zero-order valence-corrected chi connectivity index (χ0v) is 15.6. The Kier molecular flexibility index (Phi) is 6.24. The largest absolute Gasteiger partial charge is 0.379 e. The van der Waals surface area contributed by atoms with Crippen LogP contribution in [0.25, 0.3) is 0 Å². The zero-order chi connectivity index (χ0) is 19.9. The molecule has 0 saturated carbocycles. The number of halogens is 1. The third-order valence-electron chi connectivity index (χ3n) is 4.11. The maximum atomic E-state index is 12.4. The lowest BCUT2D eigenvalue weighted by atomic mass is 10.1. The maximum Gasteiger partial charge on any atom is 0.293 e. The molecule has 0 fully saturated rings. The first kappa shape index (κ1) is 19.4. The van der Waals surface area contributed by atoms with Crippen molar-refractivity contribution in [2.75, 3.05) is 17.2 Å². The fourth-order valence-electron chi connectivity index (χ4n) is 2.73. The number of nitro benzene ring substituents is 1. The number of nitro groups is 1. The number of carbonyl (C=O) groups excluding carboxylic acids is 1. The fourth-order valence-corrected chi connectivity index (χ4v) is 2.92. The van der Waals surface area contributed by atoms with Gasteiger partial charge in [-0.2, -0.15) is 0 Å². The van der Waals surface area contributed by atoms with E-state index in [1.807, 2.05) is 30.3 Å². The third kappa shape index (κ3) is 5.08. The normalized spacial score (nSPS) is 10.3. The molecule has 2 N–H and O–H groups in total. The molecule has 3 rings (SSSR count). The Labute approximate surface area is 167 Å². The SMILES string of the molecule is O=C(Nc1cccc(Cl)c1)c1ccc(NCCc2ccccc2)c([N+](=O)[O-])c1. The summed E-state index contributed by atoms with van der Waals surface area (Å²) in [7, 11) is 0. The molecule has 3 aromatic carbocycles. The predicted octanol–water partition coefficient (Wildman–Crippen LogP) is 5.16. The second kappa shape index (κ2) is 9.01. The van der Waals surface area contributed by atoms with Gasteiger partial charge in [-0.05, 0) is 42.3 Å². The Hall–Kier alpha value is -3.38. The molecule has 0 aliphatic rings. The molecule has 0 saturated heterocycles. The van der Waals surface area contributed by atoms with Gasteiger partial charge in [0.15, 0.2) is 0 Å². The highest BCUT2D eigenvalue weighted by molar-refractivity contribution is 6.31. The van der Waals surface area contributed by atoms with Crippen LogP contribution in [0, 0.1) is 10.1 Å². The first-order chi connectivity index (χ1) is 13.5. The summed E-state index contributed by atoms with van der Waals surface area (Å²) in [5.74, 6) is -0.443. The highest BCUT2D eigenvalue weighted by atomic mass is 35.5. The van der Waals surface area contributed by atoms with Crippen LogP contribution in [0.5, 0.6) is 0 Å². The number of hydrogen-bond acceptors (Lipinski definition) is 4. The number of nitrogens with one attached hydrogen (secondary N) is 2. The minimum Gasteiger partial charge on any atom is -0.379 e. The Morgan fingerprint density at radius 2 is 1.79 bits per heavy atom. The van der Waals surface area contributed by atoms with Gasteiger partial charge in [-0.1, -0.05) is 48.0 Å². The third-order valence-corrected chi connectivity index (χ3v) is 4.35. The van der Waals surface area contributed by atoms with Crippen molar-refractivity contribution in [3.8, 4) is 0 Å². The van der Waals surface area contributed by atoms with Gasteiger partial charge >= 0.3 is 0 Å². The molecule has 0 spiro atoms. The molecule has 6 nitrogen and oxygen atoms in total. The van der Waals surface area contributed by atoms with Crippen LogP contribution < -0.4 is 10.6 Å². The van der Waals surface area contributed by atoms with Crippen LogP contribution in [0.2, 0.25) is 5.02 Å². The maximum absolute atomic E-state index is 12.4. The lowest BCUT2D eigenvalue weighted by Gasteiger charge is -2.10. The molecule has 0 atom stereocenters. The van der Waals surface area contributed by atoms with Crippen molar-refractivity contribution in [3.05, 3.63) is 99.1 Å². The minimum absolute atomic E-state index is 0.146. The van der Waals surface area contributed by atoms with Crippen LogP contribution in [-0.2, 0) is 6.42 Å². The zero-order valence-electron chi connectivity index (χ0n) is 14.9. The van der Waals surface area contributed by atoms with E-state index in [1.165, 1.54) is 6.07 Å². The van der Waals surface area contributed by atoms with Crippen LogP contribution in [0.3, 0.4) is 0 Å². The summed E-state index contributed by atoms with van der Waals surface area (Å²) in [6.45, 7) is 0.541. The van der Waals surface area contributed by atoms with E-state index in [2.05, 4.69) is 10.6 Å². The highest BCUT2D eigenvalue weighted by Gasteiger charge is 2.17. The summed E-state index contributed by atoms with van der Waals surface area (Å²) in [5.41, 5.74) is 2.08. The summed E-state index contributed by atoms with van der Waals surface area (Å²) in [6.07, 6.45) is 0.731. The van der Waals surface area contributed by atoms with Gasteiger partial charge in [0.1, 0.15) is 5.69 Å². The van der Waals surface area contributed by atoms with Gasteiger partial charge < -0.3 is 10.6 Å². The highest BCUT2D eigenvalue weighted by Crippen LogP contribution is 2.26. The predicted molar refractivity (Wildman–Crippen MR) is 111 cm³/mol. The smallest absolute Gasteiger partial charge is 0.293 e. The van der Waals surface area contributed by atoms with Gasteiger partial charge in [-0.3, -0.25) is 14.9 Å². The van der Waals surface area contributed by atoms with E-state index < -0.39 is 10.8 Å². The summed E-state index contributed by atoms with van der Waals surface area (Å²) in [5, 5.41) is 17.7. The summed E-state index contributed by atoms with van der Waals surface area (Å²) >= 11 is 5.91. The summed E-state index contributed by atoms with van der Waals surface area (Å²) in [6, 6.07) is 20.9. The molecule has 0 unspecified atom stereocenters. The molecule has 142 valence electrons. The second-order valence-electron chi connectivity index (χ2n) is 6.12. The quantitative estimate of drug-likeness (QED) is 0.427. The molecule has 0 aliphatic heterocycles. The average Bonchev–Trinajstić information content (AvgIpc) is 2.69. The van der Waals surface area contributed by atoms with Gasteiger partial charge in [-0.15, -0.1) is 0 Å². The van der Waals surface area contributed by atoms with E-state index in [0.29, 0.717) is 22.9 Å². The fraction of sp³-hybridized carbons (Fsp3) is 0.0952. The van der Waals surface area contributed by atoms with Crippen LogP contribution >= 0.6 is 11.6 Å². The average molecular weight is 396 g/mol. The Morgan fingerprint density at radius 3 is 2.50 bits per heavy atom. The van der Waals surface area contributed by atoms with Crippen molar-refractivity contribution in [1.29, 1.82) is 0 Å². The van der Waals surface area contributed by atoms with Gasteiger partial charge in [0, 0.05) is 28.9 Å². The molecule has 1 amide bonds. The van der Waals surface area contributed by atoms with Crippen molar-refractivity contribution in [1.82, 2.24) is 0 Å². The monoisotopic (exact) mass is 395 g/mol. The Morgan fingerprint density at radius 1 is 1.00 bits per heavy atom. The second-order valence-corrected chi connectivity index (χ2v) is 6.55. The molecule has 0 radical (unpaired) electrons. The minimum atomic E-state index is -0.499. The van der Waals surface area contributed by atoms with Crippen LogP contribution in [0.15, 0.2) is 72.8 Å². The van der Waals surface area contributed by atoms with Crippen LogP contribution in [0.4, 0.5) is 17.1 Å². The van der Waals surface area contributed by atoms with Crippen molar-refractivity contribution in [2.45, 2.75) is 6.42 Å². The Balaban J connectivity index is 1.71. The topological polar surface area (TPSA) is 84.3 Å². The van der Waals surface area contributed by atoms with E-state index >= 15 is 0 Å². The molecule has 0 aliphatic carbocycles. The molecule has 0 aromatic heterocycles. The molecule has 28 heavy (non-hydrogen) atoms. The molecule has 0 heterocycles. The van der Waals surface area contributed by atoms with E-state index in [0.717, 1.165) is 12.0 Å². The molecule has 3 aromatic rings. The lowest BCUT2D eigenvalue weighted by Crippen LogP contribution is -2.13. The lowest BCUT2D eigenvalue weighted by molar-refractivity contribution is -0.384. The van der Waals surface area contributed by atoms with Crippen molar-refractivity contribution < 1.29 is 9.72 Å². The molecular formula is C21H18ClN3O3. The van der Waals surface area contributed by atoms with E-state index in [1.54, 1.807) is 36.4 Å². The first-order valence-electron chi connectivity index (χ1n) is 8.66. The van der Waals surface area contributed by atoms with E-state index in [4.69, 9.17) is 11.6 Å². The van der Waals surface area contributed by atoms with Gasteiger partial charge in [0.05, 0.1) is 4.92 Å². The van der Waals surface area contributed by atoms with E-state index in [-0.39, 0.29) is 11.3 Å². The summed E-state index contributed by atoms with van der Waals surface area (Å²) in [4.78, 5) is 23.4. The number of benzene rings is 3. The van der Waals surface area contributed by atoms with Crippen molar-refractivity contribution in [3.63, 3.8) is 0 Å².